The van der Waals surface area contributed by atoms with Crippen molar-refractivity contribution in [3.05, 3.63) is 47.0 Å². The minimum absolute atomic E-state index is 0.382. The summed E-state index contributed by atoms with van der Waals surface area (Å²) in [4.78, 5) is 11.4. The smallest absolute Gasteiger partial charge is 0.303 e. The van der Waals surface area contributed by atoms with E-state index in [0.717, 1.165) is 39.0 Å². The van der Waals surface area contributed by atoms with Gasteiger partial charge in [0.25, 0.3) is 0 Å². The molecule has 1 atom stereocenters. The van der Waals surface area contributed by atoms with Gasteiger partial charge in [-0.15, -0.1) is 0 Å². The minimum Gasteiger partial charge on any atom is -0.496 e. The van der Waals surface area contributed by atoms with Gasteiger partial charge in [-0.3, -0.25) is 4.79 Å². The highest BCUT2D eigenvalue weighted by atomic mass is 16.6. The fourth-order valence-corrected chi connectivity index (χ4v) is 3.79. The Kier molecular flexibility index (Phi) is 7.90. The predicted octanol–water partition coefficient (Wildman–Crippen LogP) is 5.14. The normalized spacial score (nSPS) is 13.3. The number of fused-ring (bicyclic) bond motifs is 1. The first kappa shape index (κ1) is 23.7. The number of carbonyl (C=O) groups excluding carboxylic acids is 1. The number of carbonyl (C=O) groups is 1. The molecule has 0 aliphatic heterocycles. The molecule has 0 bridgehead atoms. The van der Waals surface area contributed by atoms with Crippen molar-refractivity contribution in [3.63, 3.8) is 0 Å². The standard InChI is InChI=1S/C25H34O5/c1-16(13-15-22(25(4,5)27)30-18(3)26)12-14-19-17(2)23(28-6)20-10-8-9-11-21(20)24(19)29-7/h8-12,22,27H,13-15H2,1-7H3/b16-12+. The van der Waals surface area contributed by atoms with Crippen LogP contribution in [0.5, 0.6) is 11.5 Å². The first-order valence-corrected chi connectivity index (χ1v) is 10.3. The van der Waals surface area contributed by atoms with Crippen molar-refractivity contribution in [2.45, 2.75) is 65.6 Å². The van der Waals surface area contributed by atoms with Crippen LogP contribution in [0.3, 0.4) is 0 Å². The summed E-state index contributed by atoms with van der Waals surface area (Å²) in [6.07, 6.45) is 3.59. The molecule has 0 radical (unpaired) electrons. The van der Waals surface area contributed by atoms with E-state index in [1.54, 1.807) is 28.1 Å². The summed E-state index contributed by atoms with van der Waals surface area (Å²) < 4.78 is 16.8. The Morgan fingerprint density at radius 1 is 1.10 bits per heavy atom. The quantitative estimate of drug-likeness (QED) is 0.455. The topological polar surface area (TPSA) is 65.0 Å². The first-order chi connectivity index (χ1) is 14.1. The molecule has 164 valence electrons. The lowest BCUT2D eigenvalue weighted by atomic mass is 9.93. The molecule has 0 heterocycles. The summed E-state index contributed by atoms with van der Waals surface area (Å²) in [5.74, 6) is 1.35. The number of rotatable bonds is 9. The van der Waals surface area contributed by atoms with Crippen LogP contribution in [-0.4, -0.2) is 37.0 Å². The summed E-state index contributed by atoms with van der Waals surface area (Å²) in [7, 11) is 3.39. The molecule has 2 aromatic rings. The van der Waals surface area contributed by atoms with E-state index < -0.39 is 11.7 Å². The summed E-state index contributed by atoms with van der Waals surface area (Å²) in [5.41, 5.74) is 2.22. The summed E-state index contributed by atoms with van der Waals surface area (Å²) in [6.45, 7) is 8.79. The molecule has 0 spiro atoms. The maximum atomic E-state index is 11.4. The van der Waals surface area contributed by atoms with Crippen molar-refractivity contribution < 1.29 is 24.1 Å². The second kappa shape index (κ2) is 9.98. The van der Waals surface area contributed by atoms with Gasteiger partial charge in [0.15, 0.2) is 0 Å². The van der Waals surface area contributed by atoms with Crippen LogP contribution in [0.4, 0.5) is 0 Å². The van der Waals surface area contributed by atoms with Crippen LogP contribution in [-0.2, 0) is 16.0 Å². The van der Waals surface area contributed by atoms with Crippen molar-refractivity contribution in [3.8, 4) is 11.5 Å². The molecular formula is C25H34O5. The van der Waals surface area contributed by atoms with Crippen LogP contribution in [0.1, 0.15) is 51.7 Å². The fraction of sp³-hybridized carbons (Fsp3) is 0.480. The molecule has 2 rings (SSSR count). The molecule has 2 aromatic carbocycles. The van der Waals surface area contributed by atoms with Crippen LogP contribution < -0.4 is 9.47 Å². The highest BCUT2D eigenvalue weighted by molar-refractivity contribution is 5.96. The van der Waals surface area contributed by atoms with Gasteiger partial charge in [-0.2, -0.15) is 0 Å². The van der Waals surface area contributed by atoms with E-state index in [1.165, 1.54) is 6.92 Å². The van der Waals surface area contributed by atoms with Gasteiger partial charge in [0.1, 0.15) is 17.6 Å². The predicted molar refractivity (Wildman–Crippen MR) is 120 cm³/mol. The number of benzene rings is 2. The molecule has 0 aliphatic carbocycles. The van der Waals surface area contributed by atoms with Crippen molar-refractivity contribution in [2.24, 2.45) is 0 Å². The third-order valence-electron chi connectivity index (χ3n) is 5.44. The SMILES string of the molecule is COc1c(C)c(C/C=C(\C)CCC(OC(C)=O)C(C)(C)O)c(OC)c2ccccc12. The fourth-order valence-electron chi connectivity index (χ4n) is 3.79. The molecule has 0 amide bonds. The molecule has 30 heavy (non-hydrogen) atoms. The van der Waals surface area contributed by atoms with E-state index in [2.05, 4.69) is 19.9 Å². The number of ether oxygens (including phenoxy) is 3. The second-order valence-electron chi connectivity index (χ2n) is 8.26. The Hall–Kier alpha value is -2.53. The number of hydrogen-bond donors (Lipinski definition) is 1. The van der Waals surface area contributed by atoms with Crippen LogP contribution in [0, 0.1) is 6.92 Å². The molecule has 0 aromatic heterocycles. The monoisotopic (exact) mass is 414 g/mol. The number of aliphatic hydroxyl groups is 1. The molecule has 1 N–H and O–H groups in total. The molecule has 0 saturated carbocycles. The third-order valence-corrected chi connectivity index (χ3v) is 5.44. The second-order valence-corrected chi connectivity index (χ2v) is 8.26. The Bertz CT molecular complexity index is 921. The maximum absolute atomic E-state index is 11.4. The van der Waals surface area contributed by atoms with Gasteiger partial charge in [0.2, 0.25) is 0 Å². The number of hydrogen-bond acceptors (Lipinski definition) is 5. The number of esters is 1. The molecule has 5 nitrogen and oxygen atoms in total. The van der Waals surface area contributed by atoms with Gasteiger partial charge >= 0.3 is 5.97 Å². The van der Waals surface area contributed by atoms with Crippen molar-refractivity contribution in [1.82, 2.24) is 0 Å². The maximum Gasteiger partial charge on any atom is 0.303 e. The van der Waals surface area contributed by atoms with Crippen molar-refractivity contribution >= 4 is 16.7 Å². The summed E-state index contributed by atoms with van der Waals surface area (Å²) in [6, 6.07) is 8.08. The molecule has 1 unspecified atom stereocenters. The van der Waals surface area contributed by atoms with Crippen molar-refractivity contribution in [1.29, 1.82) is 0 Å². The molecule has 0 aliphatic rings. The first-order valence-electron chi connectivity index (χ1n) is 10.3. The summed E-state index contributed by atoms with van der Waals surface area (Å²) in [5, 5.41) is 12.3. The van der Waals surface area contributed by atoms with Crippen LogP contribution in [0.2, 0.25) is 0 Å². The average molecular weight is 415 g/mol. The van der Waals surface area contributed by atoms with E-state index in [0.29, 0.717) is 19.3 Å². The summed E-state index contributed by atoms with van der Waals surface area (Å²) >= 11 is 0. The van der Waals surface area contributed by atoms with Gasteiger partial charge in [0.05, 0.1) is 19.8 Å². The minimum atomic E-state index is -1.09. The average Bonchev–Trinajstić information content (AvgIpc) is 2.68. The highest BCUT2D eigenvalue weighted by Gasteiger charge is 2.29. The van der Waals surface area contributed by atoms with Gasteiger partial charge < -0.3 is 19.3 Å². The van der Waals surface area contributed by atoms with Crippen molar-refractivity contribution in [2.75, 3.05) is 14.2 Å². The van der Waals surface area contributed by atoms with Crippen LogP contribution in [0.15, 0.2) is 35.9 Å². The van der Waals surface area contributed by atoms with E-state index in [4.69, 9.17) is 14.2 Å². The highest BCUT2D eigenvalue weighted by Crippen LogP contribution is 2.40. The molecule has 5 heteroatoms. The zero-order valence-corrected chi connectivity index (χ0v) is 19.2. The van der Waals surface area contributed by atoms with Gasteiger partial charge in [-0.25, -0.2) is 0 Å². The van der Waals surface area contributed by atoms with E-state index in [1.807, 2.05) is 24.3 Å². The van der Waals surface area contributed by atoms with Crippen LogP contribution in [0.25, 0.3) is 10.8 Å². The molecule has 0 saturated heterocycles. The van der Waals surface area contributed by atoms with E-state index in [9.17, 15) is 9.90 Å². The Balaban J connectivity index is 2.28. The van der Waals surface area contributed by atoms with Gasteiger partial charge in [-0.1, -0.05) is 35.9 Å². The van der Waals surface area contributed by atoms with E-state index in [-0.39, 0.29) is 5.97 Å². The lowest BCUT2D eigenvalue weighted by molar-refractivity contribution is -0.159. The van der Waals surface area contributed by atoms with Gasteiger partial charge in [0, 0.05) is 23.3 Å². The largest absolute Gasteiger partial charge is 0.496 e. The Labute approximate surface area is 179 Å². The lowest BCUT2D eigenvalue weighted by Crippen LogP contribution is -2.39. The molecule has 0 fully saturated rings. The zero-order chi connectivity index (χ0) is 22.5. The van der Waals surface area contributed by atoms with Gasteiger partial charge in [-0.05, 0) is 52.5 Å². The van der Waals surface area contributed by atoms with E-state index >= 15 is 0 Å². The zero-order valence-electron chi connectivity index (χ0n) is 19.2. The Morgan fingerprint density at radius 3 is 2.17 bits per heavy atom. The lowest BCUT2D eigenvalue weighted by Gasteiger charge is -2.28. The van der Waals surface area contributed by atoms with Crippen LogP contribution >= 0.6 is 0 Å². The Morgan fingerprint density at radius 2 is 1.67 bits per heavy atom. The third kappa shape index (κ3) is 5.54. The molecular weight excluding hydrogens is 380 g/mol. The number of allylic oxidation sites excluding steroid dienone is 2. The number of methoxy groups -OCH3 is 2.